The number of ether oxygens (including phenoxy) is 1. The van der Waals surface area contributed by atoms with Crippen LogP contribution in [-0.4, -0.2) is 32.7 Å². The molecule has 2 fully saturated rings. The van der Waals surface area contributed by atoms with Crippen molar-refractivity contribution in [2.75, 3.05) is 13.2 Å². The van der Waals surface area contributed by atoms with Crippen LogP contribution in [0, 0.1) is 5.41 Å². The third kappa shape index (κ3) is 1.65. The van der Waals surface area contributed by atoms with Crippen molar-refractivity contribution >= 4 is 5.52 Å². The molecule has 2 unspecified atom stereocenters. The number of nitrogens with zero attached hydrogens (tertiary/aromatic N) is 4. The van der Waals surface area contributed by atoms with Gasteiger partial charge in [0.1, 0.15) is 0 Å². The molecule has 4 heterocycles. The molecule has 1 saturated carbocycles. The molecule has 6 heteroatoms. The lowest BCUT2D eigenvalue weighted by Gasteiger charge is -2.01. The molecule has 1 spiro atoms. The van der Waals surface area contributed by atoms with Crippen molar-refractivity contribution in [3.05, 3.63) is 36.7 Å². The molecule has 0 radical (unpaired) electrons. The molecule has 1 saturated heterocycles. The fourth-order valence-electron chi connectivity index (χ4n) is 3.31. The standard InChI is InChI=1S/C15H14N4O2/c1-3-19-9-16-7-11(19)5-10(1)13-17-14(21-18-13)12-6-15(12)2-4-20-8-15/h1,3,5,7,9,12H,2,4,6,8H2. The molecule has 3 aromatic rings. The van der Waals surface area contributed by atoms with Crippen LogP contribution in [0.3, 0.4) is 0 Å². The molecule has 3 aromatic heterocycles. The second kappa shape index (κ2) is 3.92. The summed E-state index contributed by atoms with van der Waals surface area (Å²) in [5.74, 6) is 1.78. The first-order valence-corrected chi connectivity index (χ1v) is 7.18. The Bertz CT molecular complexity index is 816. The predicted octanol–water partition coefficient (Wildman–Crippen LogP) is 2.28. The summed E-state index contributed by atoms with van der Waals surface area (Å²) in [5, 5.41) is 4.14. The maximum atomic E-state index is 5.51. The minimum atomic E-state index is 0.277. The molecule has 0 bridgehead atoms. The molecule has 0 N–H and O–H groups in total. The fraction of sp³-hybridized carbons (Fsp3) is 0.400. The van der Waals surface area contributed by atoms with Gasteiger partial charge in [0, 0.05) is 29.7 Å². The van der Waals surface area contributed by atoms with Gasteiger partial charge in [0.15, 0.2) is 0 Å². The Balaban J connectivity index is 1.48. The van der Waals surface area contributed by atoms with E-state index in [4.69, 9.17) is 9.26 Å². The molecule has 0 aromatic carbocycles. The molecule has 106 valence electrons. The van der Waals surface area contributed by atoms with Crippen LogP contribution in [0.1, 0.15) is 24.7 Å². The summed E-state index contributed by atoms with van der Waals surface area (Å²) in [6, 6.07) is 3.99. The van der Waals surface area contributed by atoms with E-state index in [1.807, 2.05) is 28.9 Å². The number of rotatable bonds is 2. The average Bonchev–Trinajstić information content (AvgIpc) is 2.98. The number of pyridine rings is 1. The molecule has 1 aliphatic carbocycles. The molecule has 1 aliphatic heterocycles. The summed E-state index contributed by atoms with van der Waals surface area (Å²) in [5.41, 5.74) is 2.25. The number of hydrogen-bond acceptors (Lipinski definition) is 5. The van der Waals surface area contributed by atoms with Crippen LogP contribution in [0.4, 0.5) is 0 Å². The molecule has 2 aliphatic rings. The van der Waals surface area contributed by atoms with Crippen LogP contribution in [0.25, 0.3) is 16.9 Å². The van der Waals surface area contributed by atoms with Crippen LogP contribution in [0.15, 0.2) is 35.4 Å². The second-order valence-electron chi connectivity index (χ2n) is 6.02. The Morgan fingerprint density at radius 1 is 1.38 bits per heavy atom. The quantitative estimate of drug-likeness (QED) is 0.721. The monoisotopic (exact) mass is 282 g/mol. The molecule has 21 heavy (non-hydrogen) atoms. The zero-order valence-electron chi connectivity index (χ0n) is 11.4. The SMILES string of the molecule is c1cn2cncc2cc1-c1noc(C2CC23CCOC3)n1. The van der Waals surface area contributed by atoms with Gasteiger partial charge >= 0.3 is 0 Å². The summed E-state index contributed by atoms with van der Waals surface area (Å²) in [7, 11) is 0. The zero-order valence-corrected chi connectivity index (χ0v) is 11.4. The molecule has 6 nitrogen and oxygen atoms in total. The van der Waals surface area contributed by atoms with E-state index in [-0.39, 0.29) is 5.41 Å². The predicted molar refractivity (Wildman–Crippen MR) is 73.7 cm³/mol. The van der Waals surface area contributed by atoms with Crippen LogP contribution < -0.4 is 0 Å². The maximum absolute atomic E-state index is 5.51. The van der Waals surface area contributed by atoms with Gasteiger partial charge < -0.3 is 13.7 Å². The highest BCUT2D eigenvalue weighted by atomic mass is 16.5. The number of imidazole rings is 1. The van der Waals surface area contributed by atoms with E-state index in [0.29, 0.717) is 11.7 Å². The highest BCUT2D eigenvalue weighted by molar-refractivity contribution is 5.62. The van der Waals surface area contributed by atoms with Crippen molar-refractivity contribution in [2.24, 2.45) is 5.41 Å². The summed E-state index contributed by atoms with van der Waals surface area (Å²) in [6.07, 6.45) is 7.76. The minimum Gasteiger partial charge on any atom is -0.381 e. The van der Waals surface area contributed by atoms with E-state index >= 15 is 0 Å². The lowest BCUT2D eigenvalue weighted by Crippen LogP contribution is -2.02. The molecule has 5 rings (SSSR count). The Morgan fingerprint density at radius 3 is 3.29 bits per heavy atom. The first kappa shape index (κ1) is 11.4. The van der Waals surface area contributed by atoms with Crippen molar-refractivity contribution in [1.82, 2.24) is 19.5 Å². The van der Waals surface area contributed by atoms with Crippen molar-refractivity contribution in [2.45, 2.75) is 18.8 Å². The van der Waals surface area contributed by atoms with E-state index < -0.39 is 0 Å². The van der Waals surface area contributed by atoms with Crippen LogP contribution >= 0.6 is 0 Å². The minimum absolute atomic E-state index is 0.277. The van der Waals surface area contributed by atoms with Crippen LogP contribution in [0.2, 0.25) is 0 Å². The summed E-state index contributed by atoms with van der Waals surface area (Å²) in [6.45, 7) is 1.69. The third-order valence-corrected chi connectivity index (χ3v) is 4.74. The Labute approximate surface area is 120 Å². The Morgan fingerprint density at radius 2 is 2.38 bits per heavy atom. The lowest BCUT2D eigenvalue weighted by atomic mass is 10.0. The Kier molecular flexibility index (Phi) is 2.13. The lowest BCUT2D eigenvalue weighted by molar-refractivity contribution is 0.179. The maximum Gasteiger partial charge on any atom is 0.230 e. The largest absolute Gasteiger partial charge is 0.381 e. The van der Waals surface area contributed by atoms with Crippen molar-refractivity contribution < 1.29 is 9.26 Å². The van der Waals surface area contributed by atoms with E-state index in [1.54, 1.807) is 6.33 Å². The van der Waals surface area contributed by atoms with Gasteiger partial charge in [-0.15, -0.1) is 0 Å². The highest BCUT2D eigenvalue weighted by Crippen LogP contribution is 2.63. The number of aromatic nitrogens is 4. The smallest absolute Gasteiger partial charge is 0.230 e. The van der Waals surface area contributed by atoms with Gasteiger partial charge in [-0.05, 0) is 25.0 Å². The van der Waals surface area contributed by atoms with E-state index in [1.165, 1.54) is 0 Å². The summed E-state index contributed by atoms with van der Waals surface area (Å²) >= 11 is 0. The first-order chi connectivity index (χ1) is 10.3. The van der Waals surface area contributed by atoms with Gasteiger partial charge in [-0.2, -0.15) is 4.98 Å². The zero-order chi connectivity index (χ0) is 13.9. The number of hydrogen-bond donors (Lipinski definition) is 0. The van der Waals surface area contributed by atoms with Crippen molar-refractivity contribution in [3.8, 4) is 11.4 Å². The van der Waals surface area contributed by atoms with Gasteiger partial charge in [-0.1, -0.05) is 5.16 Å². The van der Waals surface area contributed by atoms with Gasteiger partial charge in [-0.3, -0.25) is 0 Å². The average molecular weight is 282 g/mol. The Hall–Kier alpha value is -2.21. The van der Waals surface area contributed by atoms with Gasteiger partial charge in [0.25, 0.3) is 0 Å². The van der Waals surface area contributed by atoms with Crippen molar-refractivity contribution in [3.63, 3.8) is 0 Å². The number of fused-ring (bicyclic) bond motifs is 1. The third-order valence-electron chi connectivity index (χ3n) is 4.74. The molecular weight excluding hydrogens is 268 g/mol. The van der Waals surface area contributed by atoms with Gasteiger partial charge in [-0.25, -0.2) is 4.98 Å². The van der Waals surface area contributed by atoms with E-state index in [0.717, 1.165) is 43.0 Å². The molecule has 2 atom stereocenters. The summed E-state index contributed by atoms with van der Waals surface area (Å²) in [4.78, 5) is 8.70. The highest BCUT2D eigenvalue weighted by Gasteiger charge is 2.59. The van der Waals surface area contributed by atoms with Gasteiger partial charge in [0.2, 0.25) is 11.7 Å². The van der Waals surface area contributed by atoms with E-state index in [2.05, 4.69) is 15.1 Å². The molecular formula is C15H14N4O2. The van der Waals surface area contributed by atoms with Crippen molar-refractivity contribution in [1.29, 1.82) is 0 Å². The topological polar surface area (TPSA) is 65.5 Å². The molecule has 0 amide bonds. The van der Waals surface area contributed by atoms with Crippen LogP contribution in [0.5, 0.6) is 0 Å². The van der Waals surface area contributed by atoms with E-state index in [9.17, 15) is 0 Å². The van der Waals surface area contributed by atoms with Gasteiger partial charge in [0.05, 0.1) is 24.6 Å². The first-order valence-electron chi connectivity index (χ1n) is 7.18. The van der Waals surface area contributed by atoms with Crippen LogP contribution in [-0.2, 0) is 4.74 Å². The fourth-order valence-corrected chi connectivity index (χ4v) is 3.31. The normalized spacial score (nSPS) is 27.7. The second-order valence-corrected chi connectivity index (χ2v) is 6.02. The summed E-state index contributed by atoms with van der Waals surface area (Å²) < 4.78 is 12.9.